The minimum Gasteiger partial charge on any atom is -0.324 e. The van der Waals surface area contributed by atoms with Gasteiger partial charge in [0.05, 0.1) is 11.9 Å². The number of aryl methyl sites for hydroxylation is 2. The van der Waals surface area contributed by atoms with Gasteiger partial charge in [0.2, 0.25) is 11.8 Å². The molecule has 0 bridgehead atoms. The molecule has 0 atom stereocenters. The Kier molecular flexibility index (Phi) is 4.89. The van der Waals surface area contributed by atoms with Gasteiger partial charge in [-0.05, 0) is 43.4 Å². The lowest BCUT2D eigenvalue weighted by atomic mass is 10.1. The van der Waals surface area contributed by atoms with E-state index in [0.717, 1.165) is 24.0 Å². The van der Waals surface area contributed by atoms with E-state index in [4.69, 9.17) is 0 Å². The Labute approximate surface area is 141 Å². The number of benzene rings is 1. The number of aromatic nitrogens is 1. The van der Waals surface area contributed by atoms with Gasteiger partial charge in [-0.1, -0.05) is 30.3 Å². The first kappa shape index (κ1) is 16.2. The molecule has 24 heavy (non-hydrogen) atoms. The number of anilines is 2. The lowest BCUT2D eigenvalue weighted by molar-refractivity contribution is -0.117. The maximum atomic E-state index is 12.1. The van der Waals surface area contributed by atoms with Crippen LogP contribution in [0.4, 0.5) is 11.5 Å². The van der Waals surface area contributed by atoms with Crippen molar-refractivity contribution in [3.63, 3.8) is 0 Å². The highest BCUT2D eigenvalue weighted by Gasteiger charge is 2.29. The molecule has 1 fully saturated rings. The monoisotopic (exact) mass is 323 g/mol. The highest BCUT2D eigenvalue weighted by Crippen LogP contribution is 2.30. The van der Waals surface area contributed by atoms with Gasteiger partial charge < -0.3 is 10.6 Å². The molecule has 1 aromatic carbocycles. The molecule has 1 heterocycles. The van der Waals surface area contributed by atoms with Gasteiger partial charge in [-0.2, -0.15) is 0 Å². The highest BCUT2D eigenvalue weighted by molar-refractivity contribution is 5.94. The van der Waals surface area contributed by atoms with Crippen LogP contribution in [0.15, 0.2) is 42.6 Å². The molecule has 1 saturated carbocycles. The predicted octanol–water partition coefficient (Wildman–Crippen LogP) is 3.31. The molecule has 5 nitrogen and oxygen atoms in total. The molecule has 0 saturated heterocycles. The molecular weight excluding hydrogens is 302 g/mol. The summed E-state index contributed by atoms with van der Waals surface area (Å²) in [7, 11) is 0. The Balaban J connectivity index is 1.54. The maximum absolute atomic E-state index is 12.1. The van der Waals surface area contributed by atoms with Crippen LogP contribution >= 0.6 is 0 Å². The SMILES string of the molecule is Cc1cc(NC(=O)C2CC2)ncc1NC(=O)CCc1ccccc1. The number of nitrogens with zero attached hydrogens (tertiary/aromatic N) is 1. The quantitative estimate of drug-likeness (QED) is 0.857. The van der Waals surface area contributed by atoms with E-state index in [1.54, 1.807) is 12.3 Å². The third-order valence-corrected chi connectivity index (χ3v) is 4.07. The number of rotatable bonds is 6. The van der Waals surface area contributed by atoms with Crippen LogP contribution in [0.3, 0.4) is 0 Å². The van der Waals surface area contributed by atoms with E-state index in [1.165, 1.54) is 0 Å². The summed E-state index contributed by atoms with van der Waals surface area (Å²) in [6.07, 6.45) is 4.64. The van der Waals surface area contributed by atoms with E-state index in [0.29, 0.717) is 24.3 Å². The highest BCUT2D eigenvalue weighted by atomic mass is 16.2. The fourth-order valence-electron chi connectivity index (χ4n) is 2.44. The minimum atomic E-state index is -0.0430. The number of hydrogen-bond acceptors (Lipinski definition) is 3. The van der Waals surface area contributed by atoms with Gasteiger partial charge in [0.1, 0.15) is 5.82 Å². The van der Waals surface area contributed by atoms with Crippen molar-refractivity contribution in [2.24, 2.45) is 5.92 Å². The Morgan fingerprint density at radius 1 is 1.17 bits per heavy atom. The van der Waals surface area contributed by atoms with Crippen LogP contribution in [-0.2, 0) is 16.0 Å². The topological polar surface area (TPSA) is 71.1 Å². The van der Waals surface area contributed by atoms with E-state index < -0.39 is 0 Å². The summed E-state index contributed by atoms with van der Waals surface area (Å²) in [5.74, 6) is 0.663. The van der Waals surface area contributed by atoms with Crippen molar-refractivity contribution < 1.29 is 9.59 Å². The van der Waals surface area contributed by atoms with Crippen LogP contribution in [0.5, 0.6) is 0 Å². The standard InChI is InChI=1S/C19H21N3O2/c1-13-11-17(22-19(24)15-8-9-15)20-12-16(13)21-18(23)10-7-14-5-3-2-4-6-14/h2-6,11-12,15H,7-10H2,1H3,(H,21,23)(H,20,22,24). The number of carbonyl (C=O) groups is 2. The first-order valence-electron chi connectivity index (χ1n) is 8.23. The second-order valence-corrected chi connectivity index (χ2v) is 6.18. The summed E-state index contributed by atoms with van der Waals surface area (Å²) >= 11 is 0. The van der Waals surface area contributed by atoms with Crippen molar-refractivity contribution in [1.29, 1.82) is 0 Å². The third kappa shape index (κ3) is 4.41. The molecule has 5 heteroatoms. The first-order valence-corrected chi connectivity index (χ1v) is 8.23. The van der Waals surface area contributed by atoms with Crippen molar-refractivity contribution in [1.82, 2.24) is 4.98 Å². The predicted molar refractivity (Wildman–Crippen MR) is 93.7 cm³/mol. The average molecular weight is 323 g/mol. The zero-order chi connectivity index (χ0) is 16.9. The summed E-state index contributed by atoms with van der Waals surface area (Å²) in [6, 6.07) is 11.7. The molecule has 124 valence electrons. The lowest BCUT2D eigenvalue weighted by Crippen LogP contribution is -2.16. The van der Waals surface area contributed by atoms with Crippen molar-refractivity contribution in [3.8, 4) is 0 Å². The van der Waals surface area contributed by atoms with Crippen LogP contribution in [0, 0.1) is 12.8 Å². The number of amides is 2. The molecule has 1 aliphatic rings. The van der Waals surface area contributed by atoms with Gasteiger partial charge in [0, 0.05) is 12.3 Å². The van der Waals surface area contributed by atoms with Crippen LogP contribution in [0.25, 0.3) is 0 Å². The number of carbonyl (C=O) groups excluding carboxylic acids is 2. The zero-order valence-corrected chi connectivity index (χ0v) is 13.7. The van der Waals surface area contributed by atoms with Gasteiger partial charge >= 0.3 is 0 Å². The van der Waals surface area contributed by atoms with E-state index in [-0.39, 0.29) is 17.7 Å². The normalized spacial score (nSPS) is 13.4. The van der Waals surface area contributed by atoms with E-state index >= 15 is 0 Å². The summed E-state index contributed by atoms with van der Waals surface area (Å²) in [4.78, 5) is 28.1. The van der Waals surface area contributed by atoms with Crippen LogP contribution in [-0.4, -0.2) is 16.8 Å². The number of pyridine rings is 1. The van der Waals surface area contributed by atoms with Gasteiger partial charge in [-0.3, -0.25) is 9.59 Å². The Morgan fingerprint density at radius 3 is 2.58 bits per heavy atom. The summed E-state index contributed by atoms with van der Waals surface area (Å²) < 4.78 is 0. The molecule has 2 N–H and O–H groups in total. The van der Waals surface area contributed by atoms with Crippen molar-refractivity contribution in [3.05, 3.63) is 53.7 Å². The first-order chi connectivity index (χ1) is 11.6. The fourth-order valence-corrected chi connectivity index (χ4v) is 2.44. The molecule has 0 unspecified atom stereocenters. The number of hydrogen-bond donors (Lipinski definition) is 2. The Morgan fingerprint density at radius 2 is 1.92 bits per heavy atom. The van der Waals surface area contributed by atoms with E-state index in [2.05, 4.69) is 15.6 Å². The summed E-state index contributed by atoms with van der Waals surface area (Å²) in [5, 5.41) is 5.69. The largest absolute Gasteiger partial charge is 0.324 e. The van der Waals surface area contributed by atoms with Crippen molar-refractivity contribution in [2.75, 3.05) is 10.6 Å². The molecule has 2 amide bonds. The number of nitrogens with one attached hydrogen (secondary N) is 2. The molecule has 1 aliphatic carbocycles. The average Bonchev–Trinajstić information content (AvgIpc) is 3.41. The maximum Gasteiger partial charge on any atom is 0.228 e. The molecule has 0 spiro atoms. The van der Waals surface area contributed by atoms with Crippen LogP contribution in [0.2, 0.25) is 0 Å². The summed E-state index contributed by atoms with van der Waals surface area (Å²) in [6.45, 7) is 1.89. The van der Waals surface area contributed by atoms with Gasteiger partial charge in [0.25, 0.3) is 0 Å². The fraction of sp³-hybridized carbons (Fsp3) is 0.316. The lowest BCUT2D eigenvalue weighted by Gasteiger charge is -2.10. The Bertz CT molecular complexity index is 740. The molecular formula is C19H21N3O2. The van der Waals surface area contributed by atoms with E-state index in [9.17, 15) is 9.59 Å². The van der Waals surface area contributed by atoms with Crippen LogP contribution < -0.4 is 10.6 Å². The molecule has 0 aliphatic heterocycles. The zero-order valence-electron chi connectivity index (χ0n) is 13.7. The van der Waals surface area contributed by atoms with E-state index in [1.807, 2.05) is 37.3 Å². The van der Waals surface area contributed by atoms with Crippen molar-refractivity contribution in [2.45, 2.75) is 32.6 Å². The molecule has 2 aromatic rings. The van der Waals surface area contributed by atoms with Crippen LogP contribution in [0.1, 0.15) is 30.4 Å². The second kappa shape index (κ2) is 7.25. The van der Waals surface area contributed by atoms with Crippen molar-refractivity contribution >= 4 is 23.3 Å². The third-order valence-electron chi connectivity index (χ3n) is 4.07. The van der Waals surface area contributed by atoms with Gasteiger partial charge in [-0.15, -0.1) is 0 Å². The Hall–Kier alpha value is -2.69. The second-order valence-electron chi connectivity index (χ2n) is 6.18. The molecule has 0 radical (unpaired) electrons. The molecule has 1 aromatic heterocycles. The van der Waals surface area contributed by atoms with Gasteiger partial charge in [-0.25, -0.2) is 4.98 Å². The smallest absolute Gasteiger partial charge is 0.228 e. The summed E-state index contributed by atoms with van der Waals surface area (Å²) in [5.41, 5.74) is 2.70. The minimum absolute atomic E-state index is 0.0292. The van der Waals surface area contributed by atoms with Gasteiger partial charge in [0.15, 0.2) is 0 Å². The molecule has 3 rings (SSSR count).